The molecule has 22 heavy (non-hydrogen) atoms. The molecule has 3 nitrogen and oxygen atoms in total. The number of amides is 1. The Kier molecular flexibility index (Phi) is 4.08. The van der Waals surface area contributed by atoms with Crippen LogP contribution in [0.2, 0.25) is 5.02 Å². The Morgan fingerprint density at radius 1 is 1.23 bits per heavy atom. The average Bonchev–Trinajstić information content (AvgIpc) is 3.35. The third-order valence-electron chi connectivity index (χ3n) is 4.19. The Hall–Kier alpha value is -2.00. The molecule has 1 aliphatic rings. The molecule has 4 heteroatoms. The van der Waals surface area contributed by atoms with E-state index in [-0.39, 0.29) is 5.91 Å². The summed E-state index contributed by atoms with van der Waals surface area (Å²) in [5.74, 6) is 0.844. The monoisotopic (exact) mass is 315 g/mol. The van der Waals surface area contributed by atoms with Gasteiger partial charge in [-0.1, -0.05) is 41.9 Å². The van der Waals surface area contributed by atoms with Gasteiger partial charge in [-0.05, 0) is 36.6 Å². The molecule has 2 aromatic rings. The van der Waals surface area contributed by atoms with Crippen molar-refractivity contribution in [3.8, 4) is 5.75 Å². The fraction of sp³-hybridized carbons (Fsp3) is 0.278. The van der Waals surface area contributed by atoms with Crippen molar-refractivity contribution in [1.29, 1.82) is 0 Å². The first-order valence-corrected chi connectivity index (χ1v) is 7.70. The van der Waals surface area contributed by atoms with Crippen molar-refractivity contribution in [2.45, 2.75) is 24.8 Å². The van der Waals surface area contributed by atoms with E-state index in [9.17, 15) is 4.79 Å². The quantitative estimate of drug-likeness (QED) is 0.913. The minimum absolute atomic E-state index is 0.0562. The van der Waals surface area contributed by atoms with Crippen LogP contribution in [0, 0.1) is 0 Å². The number of hydrogen-bond acceptors (Lipinski definition) is 2. The number of carbonyl (C=O) groups excluding carboxylic acids is 1. The third-order valence-corrected chi connectivity index (χ3v) is 4.43. The highest BCUT2D eigenvalue weighted by Crippen LogP contribution is 2.48. The summed E-state index contributed by atoms with van der Waals surface area (Å²) >= 11 is 6.05. The number of benzene rings is 2. The number of nitrogens with one attached hydrogen (secondary N) is 1. The second-order valence-corrected chi connectivity index (χ2v) is 6.02. The predicted octanol–water partition coefficient (Wildman–Crippen LogP) is 3.70. The number of ether oxygens (including phenoxy) is 1. The average molecular weight is 316 g/mol. The van der Waals surface area contributed by atoms with Crippen LogP contribution in [0.5, 0.6) is 5.75 Å². The normalized spacial score (nSPS) is 15.2. The molecule has 0 aliphatic heterocycles. The van der Waals surface area contributed by atoms with E-state index >= 15 is 0 Å². The lowest BCUT2D eigenvalue weighted by molar-refractivity contribution is -0.123. The molecule has 1 aliphatic carbocycles. The van der Waals surface area contributed by atoms with Crippen molar-refractivity contribution in [2.24, 2.45) is 0 Å². The minimum Gasteiger partial charge on any atom is -0.496 e. The molecule has 2 aromatic carbocycles. The summed E-state index contributed by atoms with van der Waals surface area (Å²) in [6.07, 6.45) is 1.73. The fourth-order valence-corrected chi connectivity index (χ4v) is 2.94. The van der Waals surface area contributed by atoms with Crippen LogP contribution < -0.4 is 10.1 Å². The first-order chi connectivity index (χ1) is 10.7. The zero-order valence-electron chi connectivity index (χ0n) is 12.4. The molecule has 0 unspecified atom stereocenters. The van der Waals surface area contributed by atoms with E-state index in [0.717, 1.165) is 29.7 Å². The zero-order chi connectivity index (χ0) is 15.6. The Morgan fingerprint density at radius 3 is 2.68 bits per heavy atom. The van der Waals surface area contributed by atoms with Gasteiger partial charge < -0.3 is 10.1 Å². The van der Waals surface area contributed by atoms with Gasteiger partial charge in [-0.3, -0.25) is 4.79 Å². The highest BCUT2D eigenvalue weighted by atomic mass is 35.5. The SMILES string of the molecule is COc1ccccc1CNC(=O)C1(c2cccc(Cl)c2)CC1. The minimum atomic E-state index is -0.410. The van der Waals surface area contributed by atoms with Crippen LogP contribution in [0.4, 0.5) is 0 Å². The summed E-state index contributed by atoms with van der Waals surface area (Å²) < 4.78 is 5.31. The number of carbonyl (C=O) groups is 1. The van der Waals surface area contributed by atoms with Crippen LogP contribution in [-0.2, 0) is 16.8 Å². The van der Waals surface area contributed by atoms with Crippen molar-refractivity contribution in [1.82, 2.24) is 5.32 Å². The molecule has 1 amide bonds. The first kappa shape index (κ1) is 14.9. The molecule has 0 spiro atoms. The van der Waals surface area contributed by atoms with E-state index in [2.05, 4.69) is 5.32 Å². The molecule has 0 saturated heterocycles. The topological polar surface area (TPSA) is 38.3 Å². The van der Waals surface area contributed by atoms with Gasteiger partial charge in [0.1, 0.15) is 5.75 Å². The maximum atomic E-state index is 12.6. The van der Waals surface area contributed by atoms with Crippen LogP contribution in [-0.4, -0.2) is 13.0 Å². The smallest absolute Gasteiger partial charge is 0.230 e. The van der Waals surface area contributed by atoms with Crippen LogP contribution in [0.15, 0.2) is 48.5 Å². The molecule has 1 saturated carbocycles. The van der Waals surface area contributed by atoms with Crippen molar-refractivity contribution in [3.63, 3.8) is 0 Å². The molecule has 0 bridgehead atoms. The van der Waals surface area contributed by atoms with E-state index in [1.807, 2.05) is 48.5 Å². The molecule has 0 radical (unpaired) electrons. The first-order valence-electron chi connectivity index (χ1n) is 7.32. The second-order valence-electron chi connectivity index (χ2n) is 5.59. The number of para-hydroxylation sites is 1. The van der Waals surface area contributed by atoms with Gasteiger partial charge in [0.25, 0.3) is 0 Å². The largest absolute Gasteiger partial charge is 0.496 e. The Morgan fingerprint density at radius 2 is 2.00 bits per heavy atom. The van der Waals surface area contributed by atoms with Gasteiger partial charge >= 0.3 is 0 Å². The van der Waals surface area contributed by atoms with Gasteiger partial charge in [0.15, 0.2) is 0 Å². The summed E-state index contributed by atoms with van der Waals surface area (Å²) in [5, 5.41) is 3.70. The van der Waals surface area contributed by atoms with Gasteiger partial charge in [-0.2, -0.15) is 0 Å². The molecule has 114 valence electrons. The molecule has 0 atom stereocenters. The number of halogens is 1. The Balaban J connectivity index is 1.72. The summed E-state index contributed by atoms with van der Waals surface area (Å²) in [5.41, 5.74) is 1.56. The Bertz CT molecular complexity index is 695. The standard InChI is InChI=1S/C18H18ClNO2/c1-22-16-8-3-2-5-13(16)12-20-17(21)18(9-10-18)14-6-4-7-15(19)11-14/h2-8,11H,9-10,12H2,1H3,(H,20,21). The maximum absolute atomic E-state index is 12.6. The van der Waals surface area contributed by atoms with Crippen molar-refractivity contribution < 1.29 is 9.53 Å². The highest BCUT2D eigenvalue weighted by Gasteiger charge is 2.51. The highest BCUT2D eigenvalue weighted by molar-refractivity contribution is 6.30. The van der Waals surface area contributed by atoms with E-state index in [1.54, 1.807) is 7.11 Å². The number of hydrogen-bond donors (Lipinski definition) is 1. The van der Waals surface area contributed by atoms with E-state index in [0.29, 0.717) is 11.6 Å². The summed E-state index contributed by atoms with van der Waals surface area (Å²) in [6.45, 7) is 0.463. The summed E-state index contributed by atoms with van der Waals surface area (Å²) in [7, 11) is 1.63. The maximum Gasteiger partial charge on any atom is 0.230 e. The Labute approximate surface area is 135 Å². The van der Waals surface area contributed by atoms with Crippen LogP contribution in [0.25, 0.3) is 0 Å². The van der Waals surface area contributed by atoms with Crippen molar-refractivity contribution in [3.05, 3.63) is 64.7 Å². The van der Waals surface area contributed by atoms with E-state index in [4.69, 9.17) is 16.3 Å². The summed E-state index contributed by atoms with van der Waals surface area (Å²) in [4.78, 5) is 12.6. The zero-order valence-corrected chi connectivity index (χ0v) is 13.2. The lowest BCUT2D eigenvalue weighted by Gasteiger charge is -2.17. The molecular weight excluding hydrogens is 298 g/mol. The molecule has 0 heterocycles. The third kappa shape index (κ3) is 2.81. The van der Waals surface area contributed by atoms with Crippen molar-refractivity contribution >= 4 is 17.5 Å². The molecule has 0 aromatic heterocycles. The van der Waals surface area contributed by atoms with Gasteiger partial charge in [0, 0.05) is 17.1 Å². The molecular formula is C18H18ClNO2. The molecule has 1 N–H and O–H groups in total. The van der Waals surface area contributed by atoms with Gasteiger partial charge in [0.2, 0.25) is 5.91 Å². The van der Waals surface area contributed by atoms with Crippen LogP contribution >= 0.6 is 11.6 Å². The number of rotatable bonds is 5. The lowest BCUT2D eigenvalue weighted by atomic mass is 9.95. The fourth-order valence-electron chi connectivity index (χ4n) is 2.75. The van der Waals surface area contributed by atoms with E-state index < -0.39 is 5.41 Å². The lowest BCUT2D eigenvalue weighted by Crippen LogP contribution is -2.34. The van der Waals surface area contributed by atoms with Gasteiger partial charge in [-0.25, -0.2) is 0 Å². The molecule has 3 rings (SSSR count). The van der Waals surface area contributed by atoms with E-state index in [1.165, 1.54) is 0 Å². The van der Waals surface area contributed by atoms with Gasteiger partial charge in [-0.15, -0.1) is 0 Å². The second kappa shape index (κ2) is 6.01. The van der Waals surface area contributed by atoms with Crippen LogP contribution in [0.1, 0.15) is 24.0 Å². The van der Waals surface area contributed by atoms with Crippen molar-refractivity contribution in [2.75, 3.05) is 7.11 Å². The van der Waals surface area contributed by atoms with Gasteiger partial charge in [0.05, 0.1) is 12.5 Å². The number of methoxy groups -OCH3 is 1. The van der Waals surface area contributed by atoms with Crippen LogP contribution in [0.3, 0.4) is 0 Å². The molecule has 1 fully saturated rings. The summed E-state index contributed by atoms with van der Waals surface area (Å²) in [6, 6.07) is 15.3. The predicted molar refractivity (Wildman–Crippen MR) is 87.2 cm³/mol.